The summed E-state index contributed by atoms with van der Waals surface area (Å²) >= 11 is 0. The van der Waals surface area contributed by atoms with E-state index in [1.807, 2.05) is 35.8 Å². The third kappa shape index (κ3) is 7.64. The lowest BCUT2D eigenvalue weighted by molar-refractivity contribution is -0.870. The largest absolute Gasteiger partial charge is 0.493 e. The quantitative estimate of drug-likeness (QED) is 0.337. The topological polar surface area (TPSA) is 90.4 Å². The first-order chi connectivity index (χ1) is 19.8. The van der Waals surface area contributed by atoms with Gasteiger partial charge in [0.2, 0.25) is 11.8 Å². The molecule has 1 aromatic carbocycles. The third-order valence-corrected chi connectivity index (χ3v) is 9.47. The normalized spacial score (nSPS) is 23.7. The molecule has 0 spiro atoms. The highest BCUT2D eigenvalue weighted by Crippen LogP contribution is 2.41. The molecule has 3 heterocycles. The number of unbranched alkanes of at least 4 members (excludes halogenated alkanes) is 1. The summed E-state index contributed by atoms with van der Waals surface area (Å²) in [6.45, 7) is 11.1. The molecule has 3 atom stereocenters. The molecule has 0 bridgehead atoms. The van der Waals surface area contributed by atoms with Crippen molar-refractivity contribution < 1.29 is 28.7 Å². The lowest BCUT2D eigenvalue weighted by atomic mass is 9.83. The molecule has 0 radical (unpaired) electrons. The van der Waals surface area contributed by atoms with E-state index < -0.39 is 11.9 Å². The summed E-state index contributed by atoms with van der Waals surface area (Å²) in [5, 5.41) is 10.6. The first kappa shape index (κ1) is 32.3. The van der Waals surface area contributed by atoms with Gasteiger partial charge in [-0.1, -0.05) is 39.3 Å². The van der Waals surface area contributed by atoms with E-state index in [1.54, 1.807) is 0 Å². The second-order valence-corrected chi connectivity index (χ2v) is 14.2. The Morgan fingerprint density at radius 3 is 2.55 bits per heavy atom. The summed E-state index contributed by atoms with van der Waals surface area (Å²) in [6.07, 6.45) is 5.05. The van der Waals surface area contributed by atoms with Crippen molar-refractivity contribution in [3.05, 3.63) is 29.3 Å². The molecule has 0 unspecified atom stereocenters. The van der Waals surface area contributed by atoms with E-state index in [1.165, 1.54) is 0 Å². The van der Waals surface area contributed by atoms with Crippen LogP contribution >= 0.6 is 0 Å². The molecular weight excluding hydrogens is 532 g/mol. The van der Waals surface area contributed by atoms with Gasteiger partial charge in [0.1, 0.15) is 5.75 Å². The Morgan fingerprint density at radius 2 is 1.90 bits per heavy atom. The molecule has 0 aromatic heterocycles. The zero-order valence-corrected chi connectivity index (χ0v) is 26.7. The average Bonchev–Trinajstić information content (AvgIpc) is 3.60. The number of benzene rings is 1. The smallest absolute Gasteiger partial charge is 0.308 e. The van der Waals surface area contributed by atoms with Crippen molar-refractivity contribution in [2.75, 3.05) is 73.6 Å². The predicted octanol–water partition coefficient (Wildman–Crippen LogP) is 3.46. The number of carboxylic acids is 1. The van der Waals surface area contributed by atoms with E-state index in [-0.39, 0.29) is 35.7 Å². The molecule has 4 rings (SSSR count). The van der Waals surface area contributed by atoms with Crippen LogP contribution in [0.3, 0.4) is 0 Å². The van der Waals surface area contributed by atoms with Crippen LogP contribution in [0.1, 0.15) is 69.9 Å². The highest BCUT2D eigenvalue weighted by atomic mass is 16.5. The fraction of sp³-hybridized carbons (Fsp3) is 0.727. The summed E-state index contributed by atoms with van der Waals surface area (Å²) in [6, 6.07) is 5.73. The number of nitrogens with zero attached hydrogens (tertiary/aromatic N) is 4. The van der Waals surface area contributed by atoms with Crippen molar-refractivity contribution in [3.63, 3.8) is 0 Å². The molecule has 9 heteroatoms. The van der Waals surface area contributed by atoms with Gasteiger partial charge in [-0.2, -0.15) is 0 Å². The van der Waals surface area contributed by atoms with Gasteiger partial charge in [0.15, 0.2) is 0 Å². The van der Waals surface area contributed by atoms with Crippen molar-refractivity contribution in [1.82, 2.24) is 14.7 Å². The van der Waals surface area contributed by atoms with Crippen LogP contribution < -0.4 is 4.74 Å². The molecule has 2 fully saturated rings. The van der Waals surface area contributed by atoms with Crippen LogP contribution in [-0.2, 0) is 20.8 Å². The second kappa shape index (κ2) is 13.3. The molecular formula is C33H53N4O5+. The molecule has 9 nitrogen and oxygen atoms in total. The molecule has 42 heavy (non-hydrogen) atoms. The molecule has 2 amide bonds. The Labute approximate surface area is 252 Å². The van der Waals surface area contributed by atoms with Gasteiger partial charge < -0.3 is 24.1 Å². The minimum atomic E-state index is -0.837. The Kier molecular flexibility index (Phi) is 10.2. The van der Waals surface area contributed by atoms with E-state index >= 15 is 0 Å². The third-order valence-electron chi connectivity index (χ3n) is 9.47. The van der Waals surface area contributed by atoms with E-state index in [0.717, 1.165) is 66.6 Å². The van der Waals surface area contributed by atoms with Crippen LogP contribution in [-0.4, -0.2) is 122 Å². The zero-order valence-electron chi connectivity index (χ0n) is 26.7. The summed E-state index contributed by atoms with van der Waals surface area (Å²) in [7, 11) is 6.49. The van der Waals surface area contributed by atoms with Gasteiger partial charge in [-0.15, -0.1) is 0 Å². The predicted molar refractivity (Wildman–Crippen MR) is 163 cm³/mol. The number of likely N-dealkylation sites (tertiary alicyclic amines) is 2. The van der Waals surface area contributed by atoms with Crippen LogP contribution in [0.5, 0.6) is 5.75 Å². The minimum Gasteiger partial charge on any atom is -0.493 e. The van der Waals surface area contributed by atoms with Crippen LogP contribution in [0.4, 0.5) is 0 Å². The number of carbonyl (C=O) groups is 3. The Bertz CT molecular complexity index is 1130. The molecule has 2 saturated heterocycles. The maximum absolute atomic E-state index is 13.8. The van der Waals surface area contributed by atoms with Crippen LogP contribution in [0.2, 0.25) is 0 Å². The zero-order chi connectivity index (χ0) is 30.7. The lowest BCUT2D eigenvalue weighted by Crippen LogP contribution is -2.46. The standard InChI is InChI=1S/C33H52N4O5/c1-7-8-15-34(16-9-19-37(4,5)6)29(38)23-36-22-26(24-10-11-28-25(21-24)13-20-42-28)30(31(39)40)27(36)12-17-35-18-14-33(2,3)32(35)41/h10-11,21,26-27,30H,7-9,12-20,22-23H2,1-6H3/p+1/t26-,27+,30-/m1/s1. The second-order valence-electron chi connectivity index (χ2n) is 14.2. The number of ether oxygens (including phenoxy) is 1. The highest BCUT2D eigenvalue weighted by molar-refractivity contribution is 5.84. The molecule has 0 aliphatic carbocycles. The van der Waals surface area contributed by atoms with E-state index in [9.17, 15) is 19.5 Å². The fourth-order valence-corrected chi connectivity index (χ4v) is 6.90. The van der Waals surface area contributed by atoms with Crippen molar-refractivity contribution in [3.8, 4) is 5.75 Å². The van der Waals surface area contributed by atoms with Crippen molar-refractivity contribution in [2.45, 2.75) is 71.3 Å². The number of carbonyl (C=O) groups excluding carboxylic acids is 2. The van der Waals surface area contributed by atoms with Gasteiger partial charge in [-0.3, -0.25) is 19.3 Å². The average molecular weight is 586 g/mol. The van der Waals surface area contributed by atoms with E-state index in [4.69, 9.17) is 4.74 Å². The Hall–Kier alpha value is -2.65. The number of hydrogen-bond acceptors (Lipinski definition) is 5. The van der Waals surface area contributed by atoms with Crippen molar-refractivity contribution in [1.29, 1.82) is 0 Å². The van der Waals surface area contributed by atoms with Crippen LogP contribution in [0, 0.1) is 11.3 Å². The number of quaternary nitrogens is 1. The number of rotatable bonds is 14. The van der Waals surface area contributed by atoms with E-state index in [2.05, 4.69) is 39.0 Å². The van der Waals surface area contributed by atoms with Gasteiger partial charge in [0.05, 0.1) is 46.8 Å². The summed E-state index contributed by atoms with van der Waals surface area (Å²) < 4.78 is 6.55. The number of amides is 2. The van der Waals surface area contributed by atoms with Crippen LogP contribution in [0.15, 0.2) is 18.2 Å². The Morgan fingerprint density at radius 1 is 1.17 bits per heavy atom. The number of fused-ring (bicyclic) bond motifs is 1. The summed E-state index contributed by atoms with van der Waals surface area (Å²) in [5.41, 5.74) is 1.74. The summed E-state index contributed by atoms with van der Waals surface area (Å²) in [4.78, 5) is 45.7. The van der Waals surface area contributed by atoms with Crippen LogP contribution in [0.25, 0.3) is 0 Å². The lowest BCUT2D eigenvalue weighted by Gasteiger charge is -2.31. The highest BCUT2D eigenvalue weighted by Gasteiger charge is 2.48. The van der Waals surface area contributed by atoms with Gasteiger partial charge in [0, 0.05) is 62.9 Å². The Balaban J connectivity index is 1.56. The van der Waals surface area contributed by atoms with Gasteiger partial charge in [-0.25, -0.2) is 0 Å². The minimum absolute atomic E-state index is 0.0698. The number of aliphatic carboxylic acids is 1. The summed E-state index contributed by atoms with van der Waals surface area (Å²) in [5.74, 6) is -0.655. The molecule has 234 valence electrons. The monoisotopic (exact) mass is 585 g/mol. The van der Waals surface area contributed by atoms with Gasteiger partial charge >= 0.3 is 5.97 Å². The van der Waals surface area contributed by atoms with Gasteiger partial charge in [-0.05, 0) is 36.5 Å². The van der Waals surface area contributed by atoms with Crippen molar-refractivity contribution in [2.24, 2.45) is 11.3 Å². The molecule has 3 aliphatic heterocycles. The first-order valence-electron chi connectivity index (χ1n) is 15.9. The molecule has 1 aromatic rings. The van der Waals surface area contributed by atoms with Gasteiger partial charge in [0.25, 0.3) is 0 Å². The molecule has 0 saturated carbocycles. The first-order valence-corrected chi connectivity index (χ1v) is 15.9. The number of hydrogen-bond donors (Lipinski definition) is 1. The SMILES string of the molecule is CCCCN(CCC[N+](C)(C)C)C(=O)CN1C[C@H](c2ccc3c(c2)CCO3)[C@@H](C(=O)O)[C@@H]1CCN1CCC(C)(C)C1=O. The maximum atomic E-state index is 13.8. The molecule has 3 aliphatic rings. The van der Waals surface area contributed by atoms with Crippen molar-refractivity contribution >= 4 is 17.8 Å². The maximum Gasteiger partial charge on any atom is 0.308 e. The fourth-order valence-electron chi connectivity index (χ4n) is 6.90. The van der Waals surface area contributed by atoms with E-state index in [0.29, 0.717) is 39.2 Å². The molecule has 1 N–H and O–H groups in total. The number of carboxylic acid groups (broad SMARTS) is 1.